The van der Waals surface area contributed by atoms with E-state index in [1.807, 2.05) is 48.5 Å². The third-order valence-electron chi connectivity index (χ3n) is 11.3. The van der Waals surface area contributed by atoms with Gasteiger partial charge in [0.05, 0.1) is 11.1 Å². The molecular formula is C39H42N8O4. The lowest BCUT2D eigenvalue weighted by molar-refractivity contribution is -0.126. The van der Waals surface area contributed by atoms with Crippen LogP contribution in [0.1, 0.15) is 41.8 Å². The van der Waals surface area contributed by atoms with E-state index in [9.17, 15) is 19.2 Å². The Bertz CT molecular complexity index is 2010. The van der Waals surface area contributed by atoms with E-state index < -0.39 is 0 Å². The lowest BCUT2D eigenvalue weighted by Gasteiger charge is -2.39. The minimum atomic E-state index is -0.331. The Morgan fingerprint density at radius 3 is 1.27 bits per heavy atom. The summed E-state index contributed by atoms with van der Waals surface area (Å²) in [4.78, 5) is 70.2. The van der Waals surface area contributed by atoms with Crippen molar-refractivity contribution in [2.45, 2.75) is 32.1 Å². The third kappa shape index (κ3) is 5.53. The van der Waals surface area contributed by atoms with Gasteiger partial charge in [-0.15, -0.1) is 0 Å². The van der Waals surface area contributed by atoms with Gasteiger partial charge >= 0.3 is 0 Å². The monoisotopic (exact) mass is 686 g/mol. The van der Waals surface area contributed by atoms with Crippen LogP contribution >= 0.6 is 0 Å². The van der Waals surface area contributed by atoms with E-state index in [4.69, 9.17) is 0 Å². The number of fused-ring (bicyclic) bond motifs is 4. The van der Waals surface area contributed by atoms with E-state index >= 15 is 0 Å². The summed E-state index contributed by atoms with van der Waals surface area (Å²) in [5, 5.41) is 7.15. The van der Waals surface area contributed by atoms with Crippen LogP contribution in [-0.2, 0) is 32.0 Å². The van der Waals surface area contributed by atoms with Crippen molar-refractivity contribution in [2.24, 2.45) is 0 Å². The van der Waals surface area contributed by atoms with Crippen LogP contribution in [0.4, 0.5) is 0 Å². The zero-order valence-electron chi connectivity index (χ0n) is 28.6. The predicted octanol–water partition coefficient (Wildman–Crippen LogP) is 2.59. The van der Waals surface area contributed by atoms with Gasteiger partial charge in [-0.2, -0.15) is 0 Å². The average Bonchev–Trinajstić information content (AvgIpc) is 3.85. The standard InChI is InChI=1S/C39H42N8O4/c48-36-32-30-24-8-4-6-10-26(24)40-28(30)12-2-1-3-13-29-31(25-9-5-7-11-27(25)41-29)33-35(39(51)43-37(33)49)47-22-18-45(19-23-47)15-14-44-16-20-46(21-17-44)34(32)38(50)42-36/h4-11,40-41H,1-3,12-23H2,(H,42,48,50)(H,43,49,51). The molecule has 9 heterocycles. The number of aromatic nitrogens is 2. The topological polar surface area (TPSA) is 137 Å². The predicted molar refractivity (Wildman–Crippen MR) is 194 cm³/mol. The van der Waals surface area contributed by atoms with Crippen molar-refractivity contribution < 1.29 is 19.2 Å². The number of rotatable bonds is 0. The second kappa shape index (κ2) is 12.8. The highest BCUT2D eigenvalue weighted by atomic mass is 16.2. The molecule has 0 atom stereocenters. The molecule has 51 heavy (non-hydrogen) atoms. The molecule has 2 fully saturated rings. The molecule has 4 amide bonds. The lowest BCUT2D eigenvalue weighted by Crippen LogP contribution is -2.51. The second-order valence-electron chi connectivity index (χ2n) is 14.3. The van der Waals surface area contributed by atoms with Gasteiger partial charge in [0.15, 0.2) is 0 Å². The van der Waals surface area contributed by atoms with Gasteiger partial charge < -0.3 is 19.8 Å². The summed E-state index contributed by atoms with van der Waals surface area (Å²) in [7, 11) is 0. The lowest BCUT2D eigenvalue weighted by atomic mass is 9.96. The summed E-state index contributed by atoms with van der Waals surface area (Å²) in [6, 6.07) is 16.0. The fraction of sp³-hybridized carbons (Fsp3) is 0.385. The number of hydrogen-bond donors (Lipinski definition) is 4. The van der Waals surface area contributed by atoms with Gasteiger partial charge in [0, 0.05) is 110 Å². The summed E-state index contributed by atoms with van der Waals surface area (Å²) in [5.74, 6) is -1.29. The molecule has 0 radical (unpaired) electrons. The van der Waals surface area contributed by atoms with Gasteiger partial charge in [0.1, 0.15) is 11.4 Å². The molecule has 2 aromatic carbocycles. The van der Waals surface area contributed by atoms with E-state index in [-0.39, 0.29) is 23.6 Å². The molecule has 12 heteroatoms. The molecule has 2 aromatic heterocycles. The van der Waals surface area contributed by atoms with Crippen molar-refractivity contribution in [1.29, 1.82) is 0 Å². The van der Waals surface area contributed by atoms with Gasteiger partial charge in [-0.05, 0) is 37.8 Å². The Kier molecular flexibility index (Phi) is 8.00. The smallest absolute Gasteiger partial charge is 0.275 e. The number of piperazine rings is 2. The van der Waals surface area contributed by atoms with Crippen molar-refractivity contribution in [3.8, 4) is 0 Å². The first-order valence-corrected chi connectivity index (χ1v) is 18.3. The molecule has 262 valence electrons. The molecule has 0 aliphatic carbocycles. The number of nitrogens with zero attached hydrogens (tertiary/aromatic N) is 4. The summed E-state index contributed by atoms with van der Waals surface area (Å²) in [6.07, 6.45) is 4.06. The van der Waals surface area contributed by atoms with Gasteiger partial charge in [-0.3, -0.25) is 39.6 Å². The largest absolute Gasteiger partial charge is 0.364 e. The number of benzene rings is 2. The minimum Gasteiger partial charge on any atom is -0.364 e. The molecule has 4 aromatic rings. The molecular weight excluding hydrogens is 644 g/mol. The second-order valence-corrected chi connectivity index (χ2v) is 14.3. The van der Waals surface area contributed by atoms with Gasteiger partial charge in [-0.1, -0.05) is 42.8 Å². The number of nitrogens with one attached hydrogen (secondary N) is 4. The summed E-state index contributed by atoms with van der Waals surface area (Å²) >= 11 is 0. The fourth-order valence-electron chi connectivity index (χ4n) is 8.75. The van der Waals surface area contributed by atoms with E-state index in [0.717, 1.165) is 103 Å². The Labute approximate surface area is 295 Å². The van der Waals surface area contributed by atoms with Crippen LogP contribution in [0.2, 0.25) is 0 Å². The zero-order chi connectivity index (χ0) is 34.6. The van der Waals surface area contributed by atoms with Crippen LogP contribution < -0.4 is 10.6 Å². The van der Waals surface area contributed by atoms with E-state index in [1.54, 1.807) is 0 Å². The summed E-state index contributed by atoms with van der Waals surface area (Å²) < 4.78 is 0. The average molecular weight is 687 g/mol. The Hall–Kier alpha value is -5.20. The van der Waals surface area contributed by atoms with Crippen molar-refractivity contribution in [2.75, 3.05) is 65.4 Å². The minimum absolute atomic E-state index is 0.315. The maximum absolute atomic E-state index is 13.6. The molecule has 12 nitrogen and oxygen atoms in total. The zero-order valence-corrected chi connectivity index (χ0v) is 28.6. The molecule has 7 aliphatic rings. The quantitative estimate of drug-likeness (QED) is 0.208. The van der Waals surface area contributed by atoms with Crippen LogP contribution in [0.15, 0.2) is 59.9 Å². The number of imide groups is 2. The first-order valence-electron chi connectivity index (χ1n) is 18.3. The number of aromatic amines is 2. The molecule has 4 bridgehead atoms. The van der Waals surface area contributed by atoms with Crippen molar-refractivity contribution in [3.05, 3.63) is 82.4 Å². The first kappa shape index (κ1) is 31.8. The highest BCUT2D eigenvalue weighted by Gasteiger charge is 2.40. The highest BCUT2D eigenvalue weighted by Crippen LogP contribution is 2.38. The van der Waals surface area contributed by atoms with Crippen LogP contribution in [0.25, 0.3) is 33.0 Å². The number of H-pyrrole nitrogens is 2. The molecule has 11 rings (SSSR count). The number of aryl methyl sites for hydroxylation is 2. The SMILES string of the molecule is O=C1NC(=O)C2=C1c1c([nH]c3ccccc13)CCCCCc1[nH]c3ccccc3c1C1=C(C(=O)NC1=O)N1CCN(CCN3CCN2CC3)CC1. The third-order valence-corrected chi connectivity index (χ3v) is 11.3. The number of hydrogen-bond acceptors (Lipinski definition) is 8. The normalized spacial score (nSPS) is 23.5. The van der Waals surface area contributed by atoms with Crippen LogP contribution in [-0.4, -0.2) is 119 Å². The van der Waals surface area contributed by atoms with Crippen LogP contribution in [0, 0.1) is 0 Å². The molecule has 7 aliphatic heterocycles. The number of amides is 4. The van der Waals surface area contributed by atoms with E-state index in [0.29, 0.717) is 61.6 Å². The number of carbonyl (C=O) groups excluding carboxylic acids is 4. The van der Waals surface area contributed by atoms with E-state index in [2.05, 4.69) is 40.2 Å². The van der Waals surface area contributed by atoms with Gasteiger partial charge in [-0.25, -0.2) is 0 Å². The Balaban J connectivity index is 1.09. The summed E-state index contributed by atoms with van der Waals surface area (Å²) in [5.41, 5.74) is 7.43. The van der Waals surface area contributed by atoms with Gasteiger partial charge in [0.2, 0.25) is 0 Å². The first-order chi connectivity index (χ1) is 24.9. The van der Waals surface area contributed by atoms with Crippen molar-refractivity contribution >= 4 is 56.6 Å². The molecule has 2 saturated heterocycles. The highest BCUT2D eigenvalue weighted by molar-refractivity contribution is 6.38. The molecule has 0 spiro atoms. The van der Waals surface area contributed by atoms with Crippen LogP contribution in [0.3, 0.4) is 0 Å². The fourth-order valence-corrected chi connectivity index (χ4v) is 8.75. The van der Waals surface area contributed by atoms with Crippen molar-refractivity contribution in [3.63, 3.8) is 0 Å². The number of carbonyl (C=O) groups is 4. The molecule has 0 unspecified atom stereocenters. The van der Waals surface area contributed by atoms with Crippen molar-refractivity contribution in [1.82, 2.24) is 40.2 Å². The van der Waals surface area contributed by atoms with E-state index in [1.165, 1.54) is 0 Å². The molecule has 0 saturated carbocycles. The maximum atomic E-state index is 13.6. The Morgan fingerprint density at radius 1 is 0.451 bits per heavy atom. The Morgan fingerprint density at radius 2 is 0.843 bits per heavy atom. The number of para-hydroxylation sites is 2. The maximum Gasteiger partial charge on any atom is 0.275 e. The molecule has 4 N–H and O–H groups in total. The summed E-state index contributed by atoms with van der Waals surface area (Å²) in [6.45, 7) is 7.63. The van der Waals surface area contributed by atoms with Crippen LogP contribution in [0.5, 0.6) is 0 Å². The van der Waals surface area contributed by atoms with Gasteiger partial charge in [0.25, 0.3) is 23.6 Å².